The van der Waals surface area contributed by atoms with Crippen LogP contribution in [-0.4, -0.2) is 43.1 Å². The van der Waals surface area contributed by atoms with Gasteiger partial charge in [0.05, 0.1) is 12.8 Å². The average Bonchev–Trinajstić information content (AvgIpc) is 3.19. The predicted molar refractivity (Wildman–Crippen MR) is 103 cm³/mol. The van der Waals surface area contributed by atoms with Crippen molar-refractivity contribution in [3.05, 3.63) is 23.8 Å². The van der Waals surface area contributed by atoms with E-state index in [9.17, 15) is 4.79 Å². The molecule has 1 spiro atoms. The number of carbonyl (C=O) groups excluding carboxylic acids is 1. The monoisotopic (exact) mass is 354 g/mol. The summed E-state index contributed by atoms with van der Waals surface area (Å²) in [7, 11) is 1.73. The Morgan fingerprint density at radius 2 is 2.12 bits per heavy atom. The van der Waals surface area contributed by atoms with Gasteiger partial charge < -0.3 is 9.64 Å². The quantitative estimate of drug-likeness (QED) is 0.811. The number of carbonyl (C=O) groups is 1. The zero-order chi connectivity index (χ0) is 18.1. The lowest BCUT2D eigenvalue weighted by molar-refractivity contribution is -0.118. The van der Waals surface area contributed by atoms with Crippen LogP contribution >= 0.6 is 0 Å². The molecule has 5 rings (SSSR count). The van der Waals surface area contributed by atoms with Crippen LogP contribution in [0.3, 0.4) is 0 Å². The third-order valence-electron chi connectivity index (χ3n) is 8.19. The zero-order valence-electron chi connectivity index (χ0n) is 16.3. The second-order valence-electron chi connectivity index (χ2n) is 8.85. The number of benzene rings is 1. The number of hydrogen-bond donors (Lipinski definition) is 0. The summed E-state index contributed by atoms with van der Waals surface area (Å²) in [6.45, 7) is 6.51. The highest BCUT2D eigenvalue weighted by atomic mass is 16.5. The standard InChI is InChI=1S/C22H30N2O2/c1-4-21-10-6-13-23-14-12-22(20(21)23)16-7-5-8-17(26-3)19(16)24(15(2)25)18(22)9-11-21/h5,7-8,18,20H,4,6,9-14H2,1-3H3/t18-,20?,21-,22-/m1/s1. The van der Waals surface area contributed by atoms with Crippen LogP contribution in [-0.2, 0) is 10.2 Å². The number of ether oxygens (including phenoxy) is 1. The third kappa shape index (κ3) is 1.77. The van der Waals surface area contributed by atoms with E-state index < -0.39 is 0 Å². The van der Waals surface area contributed by atoms with Gasteiger partial charge in [-0.05, 0) is 68.7 Å². The Morgan fingerprint density at radius 1 is 1.27 bits per heavy atom. The fourth-order valence-corrected chi connectivity index (χ4v) is 7.37. The molecule has 3 aliphatic heterocycles. The van der Waals surface area contributed by atoms with Gasteiger partial charge in [0.25, 0.3) is 0 Å². The molecule has 2 saturated heterocycles. The van der Waals surface area contributed by atoms with Crippen LogP contribution in [0.1, 0.15) is 57.9 Å². The molecule has 1 aliphatic carbocycles. The molecule has 0 bridgehead atoms. The van der Waals surface area contributed by atoms with Crippen molar-refractivity contribution in [2.75, 3.05) is 25.1 Å². The minimum Gasteiger partial charge on any atom is -0.495 e. The van der Waals surface area contributed by atoms with Gasteiger partial charge in [0.1, 0.15) is 5.75 Å². The van der Waals surface area contributed by atoms with Gasteiger partial charge in [-0.15, -0.1) is 0 Å². The van der Waals surface area contributed by atoms with Gasteiger partial charge in [-0.1, -0.05) is 19.1 Å². The highest BCUT2D eigenvalue weighted by Gasteiger charge is 2.68. The van der Waals surface area contributed by atoms with E-state index >= 15 is 0 Å². The first kappa shape index (κ1) is 16.6. The van der Waals surface area contributed by atoms with Crippen molar-refractivity contribution < 1.29 is 9.53 Å². The van der Waals surface area contributed by atoms with Gasteiger partial charge in [-0.25, -0.2) is 0 Å². The van der Waals surface area contributed by atoms with Gasteiger partial charge in [0, 0.05) is 24.4 Å². The molecule has 0 N–H and O–H groups in total. The van der Waals surface area contributed by atoms with Crippen LogP contribution in [0, 0.1) is 5.41 Å². The van der Waals surface area contributed by atoms with Crippen molar-refractivity contribution in [2.24, 2.45) is 5.41 Å². The SMILES string of the molecule is CC[C@@]12CCCN3CC[C@]4(c5cccc(OC)c5N(C(C)=O)[C@@H]4CC1)C32. The van der Waals surface area contributed by atoms with Crippen molar-refractivity contribution in [1.82, 2.24) is 4.90 Å². The molecule has 1 unspecified atom stereocenters. The Labute approximate surface area is 156 Å². The van der Waals surface area contributed by atoms with Gasteiger partial charge in [-0.3, -0.25) is 9.69 Å². The number of para-hydroxylation sites is 1. The fraction of sp³-hybridized carbons (Fsp3) is 0.682. The van der Waals surface area contributed by atoms with E-state index in [1.54, 1.807) is 14.0 Å². The first-order valence-corrected chi connectivity index (χ1v) is 10.3. The molecule has 1 amide bonds. The molecule has 1 aromatic rings. The van der Waals surface area contributed by atoms with Gasteiger partial charge in [-0.2, -0.15) is 0 Å². The van der Waals surface area contributed by atoms with Gasteiger partial charge in [0.2, 0.25) is 5.91 Å². The van der Waals surface area contributed by atoms with Crippen LogP contribution in [0.5, 0.6) is 5.75 Å². The molecule has 1 saturated carbocycles. The molecule has 0 aromatic heterocycles. The first-order chi connectivity index (χ1) is 12.6. The molecular formula is C22H30N2O2. The summed E-state index contributed by atoms with van der Waals surface area (Å²) in [6, 6.07) is 7.30. The topological polar surface area (TPSA) is 32.8 Å². The Morgan fingerprint density at radius 3 is 2.85 bits per heavy atom. The van der Waals surface area contributed by atoms with E-state index in [2.05, 4.69) is 28.9 Å². The predicted octanol–water partition coefficient (Wildman–Crippen LogP) is 3.73. The number of piperidine rings is 1. The summed E-state index contributed by atoms with van der Waals surface area (Å²) in [5.41, 5.74) is 2.94. The Balaban J connectivity index is 1.77. The number of anilines is 1. The zero-order valence-corrected chi connectivity index (χ0v) is 16.3. The minimum atomic E-state index is 0.0875. The summed E-state index contributed by atoms with van der Waals surface area (Å²) in [4.78, 5) is 17.6. The molecule has 3 heterocycles. The summed E-state index contributed by atoms with van der Waals surface area (Å²) in [6.07, 6.45) is 7.47. The van der Waals surface area contributed by atoms with Crippen molar-refractivity contribution in [3.8, 4) is 5.75 Å². The molecule has 4 heteroatoms. The Hall–Kier alpha value is -1.55. The van der Waals surface area contributed by atoms with Crippen molar-refractivity contribution in [2.45, 2.75) is 69.9 Å². The number of hydrogen-bond acceptors (Lipinski definition) is 3. The van der Waals surface area contributed by atoms with E-state index in [4.69, 9.17) is 4.74 Å². The van der Waals surface area contributed by atoms with E-state index in [0.717, 1.165) is 17.9 Å². The van der Waals surface area contributed by atoms with Gasteiger partial charge >= 0.3 is 0 Å². The van der Waals surface area contributed by atoms with E-state index in [0.29, 0.717) is 17.5 Å². The number of methoxy groups -OCH3 is 1. The summed E-state index contributed by atoms with van der Waals surface area (Å²) >= 11 is 0. The molecule has 4 aliphatic rings. The maximum Gasteiger partial charge on any atom is 0.224 e. The van der Waals surface area contributed by atoms with Crippen molar-refractivity contribution >= 4 is 11.6 Å². The molecular weight excluding hydrogens is 324 g/mol. The Kier molecular flexibility index (Phi) is 3.50. The van der Waals surface area contributed by atoms with Crippen molar-refractivity contribution in [3.63, 3.8) is 0 Å². The second kappa shape index (κ2) is 5.48. The van der Waals surface area contributed by atoms with E-state index in [1.165, 1.54) is 50.8 Å². The lowest BCUT2D eigenvalue weighted by Gasteiger charge is -2.58. The number of nitrogens with zero attached hydrogens (tertiary/aromatic N) is 2. The second-order valence-corrected chi connectivity index (χ2v) is 8.85. The van der Waals surface area contributed by atoms with Crippen LogP contribution in [0.4, 0.5) is 5.69 Å². The largest absolute Gasteiger partial charge is 0.495 e. The lowest BCUT2D eigenvalue weighted by Crippen LogP contribution is -2.65. The van der Waals surface area contributed by atoms with Crippen molar-refractivity contribution in [1.29, 1.82) is 0 Å². The highest BCUT2D eigenvalue weighted by Crippen LogP contribution is 2.66. The molecule has 4 nitrogen and oxygen atoms in total. The molecule has 26 heavy (non-hydrogen) atoms. The fourth-order valence-electron chi connectivity index (χ4n) is 7.37. The smallest absolute Gasteiger partial charge is 0.224 e. The number of amides is 1. The molecule has 0 radical (unpaired) electrons. The lowest BCUT2D eigenvalue weighted by atomic mass is 9.52. The highest BCUT2D eigenvalue weighted by molar-refractivity contribution is 5.98. The average molecular weight is 354 g/mol. The van der Waals surface area contributed by atoms with Crippen LogP contribution < -0.4 is 9.64 Å². The third-order valence-corrected chi connectivity index (χ3v) is 8.19. The number of fused-ring (bicyclic) bond motifs is 1. The van der Waals surface area contributed by atoms with Crippen LogP contribution in [0.15, 0.2) is 18.2 Å². The molecule has 140 valence electrons. The van der Waals surface area contributed by atoms with Crippen LogP contribution in [0.2, 0.25) is 0 Å². The summed E-state index contributed by atoms with van der Waals surface area (Å²) in [5.74, 6) is 1.02. The minimum absolute atomic E-state index is 0.0875. The summed E-state index contributed by atoms with van der Waals surface area (Å²) < 4.78 is 5.73. The molecule has 1 aromatic carbocycles. The molecule has 4 atom stereocenters. The maximum absolute atomic E-state index is 12.8. The summed E-state index contributed by atoms with van der Waals surface area (Å²) in [5, 5.41) is 0. The first-order valence-electron chi connectivity index (χ1n) is 10.3. The normalized spacial score (nSPS) is 37.9. The van der Waals surface area contributed by atoms with Gasteiger partial charge in [0.15, 0.2) is 0 Å². The molecule has 3 fully saturated rings. The van der Waals surface area contributed by atoms with E-state index in [1.807, 2.05) is 6.07 Å². The van der Waals surface area contributed by atoms with Crippen LogP contribution in [0.25, 0.3) is 0 Å². The van der Waals surface area contributed by atoms with E-state index in [-0.39, 0.29) is 11.3 Å². The number of rotatable bonds is 2. The maximum atomic E-state index is 12.8. The Bertz CT molecular complexity index is 763.